The van der Waals surface area contributed by atoms with Crippen LogP contribution in [0.1, 0.15) is 252 Å². The van der Waals surface area contributed by atoms with E-state index in [-0.39, 0.29) is 31.1 Å². The van der Waals surface area contributed by atoms with Gasteiger partial charge >= 0.3 is 17.9 Å². The number of ether oxygens (including phenoxy) is 3. The Kier molecular flexibility index (Phi) is 54.9. The summed E-state index contributed by atoms with van der Waals surface area (Å²) in [5.41, 5.74) is 0. The Hall–Kier alpha value is -4.19. The van der Waals surface area contributed by atoms with Gasteiger partial charge in [0, 0.05) is 19.3 Å². The number of carbonyl (C=O) groups is 3. The summed E-state index contributed by atoms with van der Waals surface area (Å²) >= 11 is 0. The Labute approximate surface area is 437 Å². The van der Waals surface area contributed by atoms with E-state index in [1.165, 1.54) is 64.2 Å². The first-order valence-corrected chi connectivity index (χ1v) is 29.0. The van der Waals surface area contributed by atoms with Gasteiger partial charge < -0.3 is 14.2 Å². The zero-order valence-electron chi connectivity index (χ0n) is 45.9. The number of hydrogen-bond donors (Lipinski definition) is 0. The molecule has 6 heteroatoms. The number of unbranched alkanes of at least 4 members (excludes halogenated alkanes) is 20. The van der Waals surface area contributed by atoms with Crippen molar-refractivity contribution in [3.05, 3.63) is 122 Å². The van der Waals surface area contributed by atoms with E-state index in [0.717, 1.165) is 148 Å². The van der Waals surface area contributed by atoms with Gasteiger partial charge in [-0.05, 0) is 128 Å². The molecule has 0 rings (SSSR count). The second-order valence-corrected chi connectivity index (χ2v) is 18.8. The van der Waals surface area contributed by atoms with Gasteiger partial charge in [0.1, 0.15) is 13.2 Å². The first-order chi connectivity index (χ1) is 35.0. The highest BCUT2D eigenvalue weighted by Crippen LogP contribution is 2.14. The highest BCUT2D eigenvalue weighted by atomic mass is 16.6. The topological polar surface area (TPSA) is 78.9 Å². The molecule has 0 aliphatic heterocycles. The molecule has 0 aromatic carbocycles. The number of esters is 3. The normalized spacial score (nSPS) is 13.0. The second-order valence-electron chi connectivity index (χ2n) is 18.8. The maximum Gasteiger partial charge on any atom is 0.306 e. The summed E-state index contributed by atoms with van der Waals surface area (Å²) in [6, 6.07) is 0. The quantitative estimate of drug-likeness (QED) is 0.0261. The van der Waals surface area contributed by atoms with Crippen LogP contribution in [0.5, 0.6) is 0 Å². The van der Waals surface area contributed by atoms with Crippen LogP contribution in [-0.2, 0) is 28.6 Å². The predicted molar refractivity (Wildman–Crippen MR) is 306 cm³/mol. The zero-order chi connectivity index (χ0) is 51.4. The van der Waals surface area contributed by atoms with Crippen molar-refractivity contribution in [1.82, 2.24) is 0 Å². The molecule has 0 saturated carbocycles. The highest BCUT2D eigenvalue weighted by molar-refractivity contribution is 5.71. The lowest BCUT2D eigenvalue weighted by Gasteiger charge is -2.18. The van der Waals surface area contributed by atoms with Crippen molar-refractivity contribution in [2.24, 2.45) is 0 Å². The minimum atomic E-state index is -0.803. The molecule has 0 aromatic heterocycles. The third-order valence-electron chi connectivity index (χ3n) is 11.9. The predicted octanol–water partition coefficient (Wildman–Crippen LogP) is 19.6. The van der Waals surface area contributed by atoms with Crippen LogP contribution in [0.3, 0.4) is 0 Å². The first kappa shape index (κ1) is 66.8. The third-order valence-corrected chi connectivity index (χ3v) is 11.9. The lowest BCUT2D eigenvalue weighted by molar-refractivity contribution is -0.167. The van der Waals surface area contributed by atoms with Crippen LogP contribution < -0.4 is 0 Å². The fourth-order valence-corrected chi connectivity index (χ4v) is 7.63. The molecule has 0 spiro atoms. The van der Waals surface area contributed by atoms with Gasteiger partial charge in [0.05, 0.1) is 0 Å². The molecule has 402 valence electrons. The summed E-state index contributed by atoms with van der Waals surface area (Å²) in [7, 11) is 0. The summed E-state index contributed by atoms with van der Waals surface area (Å²) in [5, 5.41) is 0. The van der Waals surface area contributed by atoms with Gasteiger partial charge in [-0.2, -0.15) is 0 Å². The van der Waals surface area contributed by atoms with E-state index >= 15 is 0 Å². The molecule has 0 bridgehead atoms. The molecule has 0 aromatic rings. The van der Waals surface area contributed by atoms with Gasteiger partial charge in [0.15, 0.2) is 6.10 Å². The smallest absolute Gasteiger partial charge is 0.306 e. The number of hydrogen-bond acceptors (Lipinski definition) is 6. The van der Waals surface area contributed by atoms with Crippen molar-refractivity contribution in [2.75, 3.05) is 13.2 Å². The molecule has 0 saturated heterocycles. The summed E-state index contributed by atoms with van der Waals surface area (Å²) in [4.78, 5) is 38.1. The Morgan fingerprint density at radius 2 is 0.549 bits per heavy atom. The molecule has 0 amide bonds. The van der Waals surface area contributed by atoms with E-state index < -0.39 is 6.10 Å². The van der Waals surface area contributed by atoms with Crippen molar-refractivity contribution in [1.29, 1.82) is 0 Å². The van der Waals surface area contributed by atoms with Gasteiger partial charge in [-0.3, -0.25) is 14.4 Å². The van der Waals surface area contributed by atoms with Crippen LogP contribution in [0, 0.1) is 0 Å². The molecule has 0 aliphatic rings. The third kappa shape index (κ3) is 56.6. The summed E-state index contributed by atoms with van der Waals surface area (Å²) in [6.07, 6.45) is 80.5. The van der Waals surface area contributed by atoms with Gasteiger partial charge in [0.2, 0.25) is 0 Å². The molecule has 6 nitrogen and oxygen atoms in total. The summed E-state index contributed by atoms with van der Waals surface area (Å²) < 4.78 is 16.8. The van der Waals surface area contributed by atoms with Crippen LogP contribution in [0.4, 0.5) is 0 Å². The van der Waals surface area contributed by atoms with Crippen molar-refractivity contribution < 1.29 is 28.6 Å². The SMILES string of the molecule is CC/C=C\C/C=C\C/C=C\C/C=C\C/C=C\CCCCCCCCCCCC(=O)OCC(COC(=O)CCCCC/C=C\C/C=C\C/C=C\CC)OC(=O)CCCCCCC/C=C\C/C=C\CCCCC. The van der Waals surface area contributed by atoms with E-state index in [1.807, 2.05) is 0 Å². The standard InChI is InChI=1S/C65H106O6/c1-4-7-10-13-16-19-22-25-27-28-29-30-31-32-33-34-35-36-38-40-43-46-49-52-55-58-64(67)70-61-62(60-69-63(66)57-54-51-48-45-42-39-24-21-18-15-12-9-6-3)71-65(68)59-56-53-50-47-44-41-37-26-23-20-17-14-11-8-5-2/h7,9-10,12,16-21,25-27,29-30,32-33,37,39,42,62H,4-6,8,11,13-15,22-24,28,31,34-36,38,40-41,43-61H2,1-3H3/b10-7-,12-9-,19-16-,20-17-,21-18-,27-25-,30-29-,33-32-,37-26-,42-39-. The summed E-state index contributed by atoms with van der Waals surface area (Å²) in [6.45, 7) is 6.34. The molecule has 1 unspecified atom stereocenters. The highest BCUT2D eigenvalue weighted by Gasteiger charge is 2.19. The van der Waals surface area contributed by atoms with Gasteiger partial charge in [-0.25, -0.2) is 0 Å². The number of rotatable bonds is 51. The van der Waals surface area contributed by atoms with Crippen molar-refractivity contribution >= 4 is 17.9 Å². The molecule has 0 radical (unpaired) electrons. The van der Waals surface area contributed by atoms with Crippen LogP contribution >= 0.6 is 0 Å². The molecule has 0 fully saturated rings. The van der Waals surface area contributed by atoms with Gasteiger partial charge in [0.25, 0.3) is 0 Å². The first-order valence-electron chi connectivity index (χ1n) is 29.0. The Morgan fingerprint density at radius 3 is 0.873 bits per heavy atom. The monoisotopic (exact) mass is 983 g/mol. The van der Waals surface area contributed by atoms with E-state index in [0.29, 0.717) is 19.3 Å². The lowest BCUT2D eigenvalue weighted by atomic mass is 10.1. The fourth-order valence-electron chi connectivity index (χ4n) is 7.63. The Morgan fingerprint density at radius 1 is 0.296 bits per heavy atom. The zero-order valence-corrected chi connectivity index (χ0v) is 45.9. The minimum Gasteiger partial charge on any atom is -0.462 e. The molecular weight excluding hydrogens is 877 g/mol. The average Bonchev–Trinajstić information content (AvgIpc) is 3.37. The Balaban J connectivity index is 4.38. The fraction of sp³-hybridized carbons (Fsp3) is 0.646. The van der Waals surface area contributed by atoms with Crippen LogP contribution in [0.2, 0.25) is 0 Å². The summed E-state index contributed by atoms with van der Waals surface area (Å²) in [5.74, 6) is -0.951. The van der Waals surface area contributed by atoms with Crippen LogP contribution in [-0.4, -0.2) is 37.2 Å². The van der Waals surface area contributed by atoms with Crippen molar-refractivity contribution in [2.45, 2.75) is 258 Å². The minimum absolute atomic E-state index is 0.0991. The van der Waals surface area contributed by atoms with Crippen LogP contribution in [0.15, 0.2) is 122 Å². The van der Waals surface area contributed by atoms with E-state index in [9.17, 15) is 14.4 Å². The van der Waals surface area contributed by atoms with E-state index in [4.69, 9.17) is 14.2 Å². The number of allylic oxidation sites excluding steroid dienone is 20. The molecule has 71 heavy (non-hydrogen) atoms. The molecular formula is C65H106O6. The largest absolute Gasteiger partial charge is 0.462 e. The van der Waals surface area contributed by atoms with Gasteiger partial charge in [-0.15, -0.1) is 0 Å². The van der Waals surface area contributed by atoms with Crippen molar-refractivity contribution in [3.8, 4) is 0 Å². The Bertz CT molecular complexity index is 1500. The van der Waals surface area contributed by atoms with Gasteiger partial charge in [-0.1, -0.05) is 226 Å². The van der Waals surface area contributed by atoms with Crippen LogP contribution in [0.25, 0.3) is 0 Å². The lowest BCUT2D eigenvalue weighted by Crippen LogP contribution is -2.30. The molecule has 0 N–H and O–H groups in total. The van der Waals surface area contributed by atoms with E-state index in [1.54, 1.807) is 0 Å². The number of carbonyl (C=O) groups excluding carboxylic acids is 3. The average molecular weight is 984 g/mol. The van der Waals surface area contributed by atoms with E-state index in [2.05, 4.69) is 142 Å². The maximum atomic E-state index is 12.8. The maximum absolute atomic E-state index is 12.8. The molecule has 1 atom stereocenters. The second kappa shape index (κ2) is 58.4. The molecule has 0 aliphatic carbocycles. The molecule has 0 heterocycles. The van der Waals surface area contributed by atoms with Crippen molar-refractivity contribution in [3.63, 3.8) is 0 Å².